The van der Waals surface area contributed by atoms with E-state index in [2.05, 4.69) is 32.0 Å². The van der Waals surface area contributed by atoms with Gasteiger partial charge in [-0.05, 0) is 36.6 Å². The molecule has 2 heteroatoms. The van der Waals surface area contributed by atoms with Crippen LogP contribution < -0.4 is 0 Å². The number of carbonyl (C=O) groups excluding carboxylic acids is 1. The van der Waals surface area contributed by atoms with Crippen LogP contribution in [0.5, 0.6) is 0 Å². The average molecular weight is 266 g/mol. The van der Waals surface area contributed by atoms with E-state index in [0.29, 0.717) is 19.6 Å². The lowest BCUT2D eigenvalue weighted by Crippen LogP contribution is -2.05. The molecule has 102 valence electrons. The molecule has 0 saturated carbocycles. The van der Waals surface area contributed by atoms with E-state index >= 15 is 0 Å². The van der Waals surface area contributed by atoms with Crippen molar-refractivity contribution in [2.75, 3.05) is 0 Å². The molecule has 0 radical (unpaired) electrons. The van der Waals surface area contributed by atoms with Gasteiger partial charge in [-0.3, -0.25) is 4.79 Å². The predicted octanol–water partition coefficient (Wildman–Crippen LogP) is 3.76. The summed E-state index contributed by atoms with van der Waals surface area (Å²) >= 11 is 0. The molecular formula is C18H18O2. The van der Waals surface area contributed by atoms with Crippen molar-refractivity contribution in [1.29, 1.82) is 0 Å². The molecule has 0 bridgehead atoms. The van der Waals surface area contributed by atoms with Crippen LogP contribution in [0, 0.1) is 13.8 Å². The normalized spacial score (nSPS) is 13.3. The summed E-state index contributed by atoms with van der Waals surface area (Å²) in [6.07, 6.45) is 0.460. The minimum absolute atomic E-state index is 0.171. The van der Waals surface area contributed by atoms with Gasteiger partial charge in [0.1, 0.15) is 0 Å². The summed E-state index contributed by atoms with van der Waals surface area (Å²) in [5.41, 5.74) is 6.63. The highest BCUT2D eigenvalue weighted by molar-refractivity contribution is 5.97. The third-order valence-corrected chi connectivity index (χ3v) is 3.69. The van der Waals surface area contributed by atoms with Crippen molar-refractivity contribution >= 4 is 5.78 Å². The van der Waals surface area contributed by atoms with E-state index in [1.807, 2.05) is 18.2 Å². The summed E-state index contributed by atoms with van der Waals surface area (Å²) in [6.45, 7) is 5.42. The highest BCUT2D eigenvalue weighted by Crippen LogP contribution is 2.22. The summed E-state index contributed by atoms with van der Waals surface area (Å²) in [5.74, 6) is 0.171. The van der Waals surface area contributed by atoms with Gasteiger partial charge in [-0.2, -0.15) is 0 Å². The van der Waals surface area contributed by atoms with Crippen LogP contribution in [-0.4, -0.2) is 5.78 Å². The molecule has 0 aliphatic carbocycles. The van der Waals surface area contributed by atoms with Gasteiger partial charge in [0.05, 0.1) is 13.2 Å². The molecule has 1 aliphatic rings. The fourth-order valence-corrected chi connectivity index (χ4v) is 2.80. The first-order chi connectivity index (χ1) is 9.61. The molecule has 3 rings (SSSR count). The topological polar surface area (TPSA) is 26.3 Å². The second-order valence-corrected chi connectivity index (χ2v) is 5.57. The third kappa shape index (κ3) is 2.66. The second-order valence-electron chi connectivity index (χ2n) is 5.57. The molecule has 0 amide bonds. The van der Waals surface area contributed by atoms with Crippen LogP contribution in [0.3, 0.4) is 0 Å². The molecule has 0 fully saturated rings. The number of aryl methyl sites for hydroxylation is 2. The Balaban J connectivity index is 1.82. The summed E-state index contributed by atoms with van der Waals surface area (Å²) in [5, 5.41) is 0. The van der Waals surface area contributed by atoms with E-state index in [1.165, 1.54) is 16.7 Å². The molecule has 2 nitrogen and oxygen atoms in total. The van der Waals surface area contributed by atoms with E-state index in [-0.39, 0.29) is 5.78 Å². The van der Waals surface area contributed by atoms with Gasteiger partial charge < -0.3 is 4.74 Å². The van der Waals surface area contributed by atoms with Crippen molar-refractivity contribution in [3.05, 3.63) is 69.8 Å². The van der Waals surface area contributed by atoms with Gasteiger partial charge in [-0.15, -0.1) is 0 Å². The average Bonchev–Trinajstić information content (AvgIpc) is 2.84. The van der Waals surface area contributed by atoms with Crippen LogP contribution in [0.1, 0.15) is 38.2 Å². The Bertz CT molecular complexity index is 651. The van der Waals surface area contributed by atoms with Crippen LogP contribution in [-0.2, 0) is 24.4 Å². The van der Waals surface area contributed by atoms with Crippen LogP contribution in [0.25, 0.3) is 0 Å². The Kier molecular flexibility index (Phi) is 3.41. The van der Waals surface area contributed by atoms with E-state index < -0.39 is 0 Å². The van der Waals surface area contributed by atoms with Gasteiger partial charge >= 0.3 is 0 Å². The fraction of sp³-hybridized carbons (Fsp3) is 0.278. The van der Waals surface area contributed by atoms with Crippen molar-refractivity contribution < 1.29 is 9.53 Å². The second kappa shape index (κ2) is 5.22. The first kappa shape index (κ1) is 13.1. The lowest BCUT2D eigenvalue weighted by atomic mass is 9.97. The molecule has 1 aliphatic heterocycles. The van der Waals surface area contributed by atoms with Crippen LogP contribution >= 0.6 is 0 Å². The molecule has 2 aromatic rings. The Morgan fingerprint density at radius 1 is 1.00 bits per heavy atom. The molecule has 0 saturated heterocycles. The number of hydrogen-bond acceptors (Lipinski definition) is 2. The van der Waals surface area contributed by atoms with Gasteiger partial charge in [0.2, 0.25) is 0 Å². The van der Waals surface area contributed by atoms with Crippen molar-refractivity contribution in [1.82, 2.24) is 0 Å². The van der Waals surface area contributed by atoms with Gasteiger partial charge in [0.15, 0.2) is 5.78 Å². The minimum atomic E-state index is 0.171. The number of fused-ring (bicyclic) bond motifs is 1. The number of ether oxygens (including phenoxy) is 1. The van der Waals surface area contributed by atoms with E-state index in [4.69, 9.17) is 4.74 Å². The van der Waals surface area contributed by atoms with Crippen LogP contribution in [0.15, 0.2) is 36.4 Å². The van der Waals surface area contributed by atoms with Crippen LogP contribution in [0.4, 0.5) is 0 Å². The number of carbonyl (C=O) groups is 1. The third-order valence-electron chi connectivity index (χ3n) is 3.69. The monoisotopic (exact) mass is 266 g/mol. The SMILES string of the molecule is Cc1cc(C)cc(CC(=O)c2ccc3c(c2)COC3)c1. The largest absolute Gasteiger partial charge is 0.372 e. The van der Waals surface area contributed by atoms with Gasteiger partial charge in [0.25, 0.3) is 0 Å². The minimum Gasteiger partial charge on any atom is -0.372 e. The molecule has 0 spiro atoms. The Hall–Kier alpha value is -1.93. The van der Waals surface area contributed by atoms with E-state index in [1.54, 1.807) is 0 Å². The molecule has 1 heterocycles. The van der Waals surface area contributed by atoms with Crippen molar-refractivity contribution in [3.63, 3.8) is 0 Å². The Morgan fingerprint density at radius 3 is 2.45 bits per heavy atom. The molecule has 20 heavy (non-hydrogen) atoms. The molecule has 2 aromatic carbocycles. The highest BCUT2D eigenvalue weighted by atomic mass is 16.5. The van der Waals surface area contributed by atoms with Crippen molar-refractivity contribution in [2.24, 2.45) is 0 Å². The maximum absolute atomic E-state index is 12.4. The fourth-order valence-electron chi connectivity index (χ4n) is 2.80. The summed E-state index contributed by atoms with van der Waals surface area (Å²) in [7, 11) is 0. The van der Waals surface area contributed by atoms with Gasteiger partial charge in [-0.25, -0.2) is 0 Å². The Labute approximate surface area is 119 Å². The number of ketones is 1. The first-order valence-electron chi connectivity index (χ1n) is 6.92. The van der Waals surface area contributed by atoms with Crippen molar-refractivity contribution in [2.45, 2.75) is 33.5 Å². The number of benzene rings is 2. The summed E-state index contributed by atoms with van der Waals surface area (Å²) < 4.78 is 5.39. The molecule has 0 N–H and O–H groups in total. The smallest absolute Gasteiger partial charge is 0.167 e. The van der Waals surface area contributed by atoms with Crippen molar-refractivity contribution in [3.8, 4) is 0 Å². The molecule has 0 unspecified atom stereocenters. The number of rotatable bonds is 3. The molecule has 0 aromatic heterocycles. The summed E-state index contributed by atoms with van der Waals surface area (Å²) in [4.78, 5) is 12.4. The lowest BCUT2D eigenvalue weighted by Gasteiger charge is -2.06. The number of hydrogen-bond donors (Lipinski definition) is 0. The first-order valence-corrected chi connectivity index (χ1v) is 6.92. The quantitative estimate of drug-likeness (QED) is 0.791. The lowest BCUT2D eigenvalue weighted by molar-refractivity contribution is 0.0993. The maximum atomic E-state index is 12.4. The van der Waals surface area contributed by atoms with E-state index in [9.17, 15) is 4.79 Å². The van der Waals surface area contributed by atoms with Crippen LogP contribution in [0.2, 0.25) is 0 Å². The summed E-state index contributed by atoms with van der Waals surface area (Å²) in [6, 6.07) is 12.2. The van der Waals surface area contributed by atoms with Gasteiger partial charge in [0, 0.05) is 12.0 Å². The number of Topliss-reactive ketones (excluding diaryl/α,β-unsaturated/α-hetero) is 1. The van der Waals surface area contributed by atoms with Gasteiger partial charge in [-0.1, -0.05) is 41.5 Å². The molecule has 0 atom stereocenters. The maximum Gasteiger partial charge on any atom is 0.167 e. The molecular weight excluding hydrogens is 248 g/mol. The zero-order chi connectivity index (χ0) is 14.1. The highest BCUT2D eigenvalue weighted by Gasteiger charge is 2.14. The van der Waals surface area contributed by atoms with E-state index in [0.717, 1.165) is 16.7 Å². The zero-order valence-electron chi connectivity index (χ0n) is 11.9. The predicted molar refractivity (Wildman–Crippen MR) is 78.9 cm³/mol. The Morgan fingerprint density at radius 2 is 1.70 bits per heavy atom. The standard InChI is InChI=1S/C18H18O2/c1-12-5-13(2)7-14(6-12)8-18(19)15-3-4-16-10-20-11-17(16)9-15/h3-7,9H,8,10-11H2,1-2H3. The zero-order valence-corrected chi connectivity index (χ0v) is 11.9.